The first-order chi connectivity index (χ1) is 17.8. The third-order valence-corrected chi connectivity index (χ3v) is 5.29. The molecule has 0 atom stereocenters. The maximum atomic E-state index is 12.4. The number of hydrogen-bond acceptors (Lipinski definition) is 7. The molecule has 0 aromatic heterocycles. The van der Waals surface area contributed by atoms with Crippen LogP contribution < -0.4 is 24.8 Å². The summed E-state index contributed by atoms with van der Waals surface area (Å²) in [6, 6.07) is 15.8. The highest BCUT2D eigenvalue weighted by atomic mass is 35.5. The maximum Gasteiger partial charge on any atom is 0.338 e. The zero-order valence-electron chi connectivity index (χ0n) is 20.0. The van der Waals surface area contributed by atoms with E-state index in [0.29, 0.717) is 28.8 Å². The molecule has 9 nitrogen and oxygen atoms in total. The molecule has 0 saturated carbocycles. The highest BCUT2D eigenvalue weighted by Gasteiger charge is 2.16. The van der Waals surface area contributed by atoms with Gasteiger partial charge < -0.3 is 29.6 Å². The fraction of sp³-hybridized carbons (Fsp3) is 0.192. The summed E-state index contributed by atoms with van der Waals surface area (Å²) in [6.07, 6.45) is 0. The SMILES string of the molecule is CCOc1ccc(NC(=O)COc2ccc(C(=O)OCC(=O)Nc3ccc(Cl)cc3Cl)cc2OC)cc1. The summed E-state index contributed by atoms with van der Waals surface area (Å²) in [4.78, 5) is 36.8. The molecule has 0 bridgehead atoms. The number of hydrogen-bond donors (Lipinski definition) is 2. The molecule has 0 saturated heterocycles. The minimum absolute atomic E-state index is 0.125. The molecule has 0 unspecified atom stereocenters. The van der Waals surface area contributed by atoms with Crippen molar-refractivity contribution in [2.24, 2.45) is 0 Å². The van der Waals surface area contributed by atoms with Crippen molar-refractivity contribution < 1.29 is 33.3 Å². The molecule has 37 heavy (non-hydrogen) atoms. The zero-order chi connectivity index (χ0) is 26.8. The van der Waals surface area contributed by atoms with Crippen molar-refractivity contribution in [2.45, 2.75) is 6.92 Å². The molecule has 194 valence electrons. The van der Waals surface area contributed by atoms with E-state index in [0.717, 1.165) is 0 Å². The maximum absolute atomic E-state index is 12.4. The molecule has 0 aliphatic carbocycles. The van der Waals surface area contributed by atoms with Crippen molar-refractivity contribution in [3.63, 3.8) is 0 Å². The van der Waals surface area contributed by atoms with Crippen LogP contribution in [0.15, 0.2) is 60.7 Å². The highest BCUT2D eigenvalue weighted by Crippen LogP contribution is 2.29. The van der Waals surface area contributed by atoms with Crippen molar-refractivity contribution >= 4 is 52.4 Å². The molecule has 2 amide bonds. The molecular formula is C26H24Cl2N2O7. The summed E-state index contributed by atoms with van der Waals surface area (Å²) >= 11 is 11.9. The van der Waals surface area contributed by atoms with E-state index in [9.17, 15) is 14.4 Å². The Morgan fingerprint density at radius 2 is 1.54 bits per heavy atom. The molecule has 0 aliphatic rings. The molecular weight excluding hydrogens is 523 g/mol. The normalized spacial score (nSPS) is 10.3. The van der Waals surface area contributed by atoms with Gasteiger partial charge in [0.1, 0.15) is 5.75 Å². The summed E-state index contributed by atoms with van der Waals surface area (Å²) in [6.45, 7) is 1.61. The zero-order valence-corrected chi connectivity index (χ0v) is 21.5. The Balaban J connectivity index is 1.51. The van der Waals surface area contributed by atoms with Crippen LogP contribution in [0.4, 0.5) is 11.4 Å². The molecule has 0 heterocycles. The van der Waals surface area contributed by atoms with Crippen molar-refractivity contribution in [3.8, 4) is 17.2 Å². The minimum Gasteiger partial charge on any atom is -0.494 e. The number of ether oxygens (including phenoxy) is 4. The van der Waals surface area contributed by atoms with Gasteiger partial charge in [-0.1, -0.05) is 23.2 Å². The summed E-state index contributed by atoms with van der Waals surface area (Å²) in [5.41, 5.74) is 1.05. The number of amides is 2. The van der Waals surface area contributed by atoms with Crippen LogP contribution in [0.1, 0.15) is 17.3 Å². The van der Waals surface area contributed by atoms with E-state index in [-0.39, 0.29) is 34.6 Å². The number of anilines is 2. The standard InChI is InChI=1S/C26H24Cl2N2O7/c1-3-35-19-8-6-18(7-9-19)29-24(31)14-36-22-11-4-16(12-23(22)34-2)26(33)37-15-25(32)30-21-10-5-17(27)13-20(21)28/h4-13H,3,14-15H2,1-2H3,(H,29,31)(H,30,32). The quantitative estimate of drug-likeness (QED) is 0.317. The lowest BCUT2D eigenvalue weighted by Crippen LogP contribution is -2.21. The monoisotopic (exact) mass is 546 g/mol. The number of nitrogens with one attached hydrogen (secondary N) is 2. The largest absolute Gasteiger partial charge is 0.494 e. The van der Waals surface area contributed by atoms with Gasteiger partial charge in [0.05, 0.1) is 30.0 Å². The first-order valence-electron chi connectivity index (χ1n) is 11.0. The van der Waals surface area contributed by atoms with E-state index < -0.39 is 18.5 Å². The number of methoxy groups -OCH3 is 1. The Kier molecular flexibility index (Phi) is 10.00. The molecule has 0 fully saturated rings. The van der Waals surface area contributed by atoms with Crippen LogP contribution >= 0.6 is 23.2 Å². The van der Waals surface area contributed by atoms with E-state index >= 15 is 0 Å². The van der Waals surface area contributed by atoms with Gasteiger partial charge in [-0.2, -0.15) is 0 Å². The van der Waals surface area contributed by atoms with Crippen molar-refractivity contribution in [1.29, 1.82) is 0 Å². The number of carbonyl (C=O) groups is 3. The Hall–Kier alpha value is -3.95. The number of carbonyl (C=O) groups excluding carboxylic acids is 3. The van der Waals surface area contributed by atoms with Gasteiger partial charge in [-0.25, -0.2) is 4.79 Å². The molecule has 2 N–H and O–H groups in total. The molecule has 3 aromatic carbocycles. The van der Waals surface area contributed by atoms with Crippen molar-refractivity contribution in [3.05, 3.63) is 76.3 Å². The van der Waals surface area contributed by atoms with E-state index in [2.05, 4.69) is 10.6 Å². The molecule has 3 aromatic rings. The second-order valence-corrected chi connectivity index (χ2v) is 8.25. The van der Waals surface area contributed by atoms with E-state index in [1.807, 2.05) is 6.92 Å². The Morgan fingerprint density at radius 1 is 0.811 bits per heavy atom. The van der Waals surface area contributed by atoms with Crippen molar-refractivity contribution in [2.75, 3.05) is 37.6 Å². The lowest BCUT2D eigenvalue weighted by molar-refractivity contribution is -0.119. The summed E-state index contributed by atoms with van der Waals surface area (Å²) in [7, 11) is 1.39. The van der Waals surface area contributed by atoms with Crippen LogP contribution in [0.3, 0.4) is 0 Å². The molecule has 3 rings (SSSR count). The second kappa shape index (κ2) is 13.4. The first-order valence-corrected chi connectivity index (χ1v) is 11.8. The van der Waals surface area contributed by atoms with Crippen molar-refractivity contribution in [1.82, 2.24) is 0 Å². The van der Waals surface area contributed by atoms with Crippen LogP contribution in [0.25, 0.3) is 0 Å². The number of benzene rings is 3. The van der Waals surface area contributed by atoms with Gasteiger partial charge >= 0.3 is 5.97 Å². The lowest BCUT2D eigenvalue weighted by atomic mass is 10.2. The minimum atomic E-state index is -0.754. The van der Waals surface area contributed by atoms with Gasteiger partial charge in [-0.05, 0) is 67.6 Å². The van der Waals surface area contributed by atoms with Crippen LogP contribution in [0.5, 0.6) is 17.2 Å². The number of rotatable bonds is 11. The lowest BCUT2D eigenvalue weighted by Gasteiger charge is -2.13. The average Bonchev–Trinajstić information content (AvgIpc) is 2.89. The molecule has 0 spiro atoms. The van der Waals surface area contributed by atoms with Crippen LogP contribution in [0, 0.1) is 0 Å². The Morgan fingerprint density at radius 3 is 2.22 bits per heavy atom. The fourth-order valence-electron chi connectivity index (χ4n) is 3.05. The number of halogens is 2. The average molecular weight is 547 g/mol. The second-order valence-electron chi connectivity index (χ2n) is 7.41. The predicted octanol–water partition coefficient (Wildman–Crippen LogP) is 5.21. The van der Waals surface area contributed by atoms with Gasteiger partial charge in [0.25, 0.3) is 11.8 Å². The Labute approximate surface area is 223 Å². The summed E-state index contributed by atoms with van der Waals surface area (Å²) in [5.74, 6) is -0.566. The Bertz CT molecular complexity index is 1270. The summed E-state index contributed by atoms with van der Waals surface area (Å²) in [5, 5.41) is 5.92. The van der Waals surface area contributed by atoms with Gasteiger partial charge in [-0.15, -0.1) is 0 Å². The number of esters is 1. The van der Waals surface area contributed by atoms with Gasteiger partial charge in [-0.3, -0.25) is 9.59 Å². The smallest absolute Gasteiger partial charge is 0.338 e. The van der Waals surface area contributed by atoms with Gasteiger partial charge in [0.2, 0.25) is 0 Å². The third kappa shape index (κ3) is 8.30. The van der Waals surface area contributed by atoms with E-state index in [1.54, 1.807) is 30.3 Å². The molecule has 11 heteroatoms. The van der Waals surface area contributed by atoms with E-state index in [1.165, 1.54) is 37.4 Å². The van der Waals surface area contributed by atoms with Gasteiger partial charge in [0.15, 0.2) is 24.7 Å². The van der Waals surface area contributed by atoms with E-state index in [4.69, 9.17) is 42.1 Å². The molecule has 0 aliphatic heterocycles. The summed E-state index contributed by atoms with van der Waals surface area (Å²) < 4.78 is 21.2. The molecule has 0 radical (unpaired) electrons. The third-order valence-electron chi connectivity index (χ3n) is 4.75. The first kappa shape index (κ1) is 27.6. The fourth-order valence-corrected chi connectivity index (χ4v) is 3.50. The van der Waals surface area contributed by atoms with Crippen LogP contribution in [-0.4, -0.2) is 44.7 Å². The highest BCUT2D eigenvalue weighted by molar-refractivity contribution is 6.36. The topological polar surface area (TPSA) is 112 Å². The van der Waals surface area contributed by atoms with Gasteiger partial charge in [0, 0.05) is 10.7 Å². The predicted molar refractivity (Wildman–Crippen MR) is 140 cm³/mol. The van der Waals surface area contributed by atoms with Crippen LogP contribution in [0.2, 0.25) is 10.0 Å². The van der Waals surface area contributed by atoms with Crippen LogP contribution in [-0.2, 0) is 14.3 Å².